The molecule has 1 fully saturated rings. The molecule has 1 saturated heterocycles. The minimum Gasteiger partial charge on any atom is -0.396 e. The van der Waals surface area contributed by atoms with Crippen molar-refractivity contribution in [2.24, 2.45) is 5.92 Å². The minimum atomic E-state index is 0.146. The monoisotopic (exact) mass is 294 g/mol. The molecule has 0 bridgehead atoms. The zero-order valence-electron chi connectivity index (χ0n) is 13.4. The average molecular weight is 294 g/mol. The molecule has 0 aromatic carbocycles. The normalized spacial score (nSPS) is 20.0. The summed E-state index contributed by atoms with van der Waals surface area (Å²) < 4.78 is 1.95. The Bertz CT molecular complexity index is 393. The number of aliphatic hydroxyl groups is 1. The van der Waals surface area contributed by atoms with Crippen molar-refractivity contribution in [2.45, 2.75) is 58.4 Å². The van der Waals surface area contributed by atoms with Gasteiger partial charge in [-0.25, -0.2) is 0 Å². The van der Waals surface area contributed by atoms with Crippen LogP contribution >= 0.6 is 0 Å². The van der Waals surface area contributed by atoms with Crippen LogP contribution in [0.5, 0.6) is 0 Å². The average Bonchev–Trinajstić information content (AvgIpc) is 2.92. The summed E-state index contributed by atoms with van der Waals surface area (Å²) in [6.45, 7) is 7.08. The third-order valence-corrected chi connectivity index (χ3v) is 4.33. The summed E-state index contributed by atoms with van der Waals surface area (Å²) in [6, 6.07) is 0. The first kappa shape index (κ1) is 16.4. The van der Waals surface area contributed by atoms with Crippen molar-refractivity contribution in [1.29, 1.82) is 0 Å². The molecule has 1 aliphatic heterocycles. The molecule has 0 spiro atoms. The number of aromatic nitrogens is 3. The van der Waals surface area contributed by atoms with Gasteiger partial charge in [0.05, 0.1) is 5.69 Å². The first-order valence-corrected chi connectivity index (χ1v) is 8.54. The van der Waals surface area contributed by atoms with E-state index in [0.717, 1.165) is 12.2 Å². The van der Waals surface area contributed by atoms with Crippen molar-refractivity contribution < 1.29 is 5.11 Å². The highest BCUT2D eigenvalue weighted by Gasteiger charge is 2.20. The first-order valence-electron chi connectivity index (χ1n) is 8.54. The van der Waals surface area contributed by atoms with Gasteiger partial charge < -0.3 is 10.0 Å². The fourth-order valence-corrected chi connectivity index (χ4v) is 3.19. The zero-order chi connectivity index (χ0) is 14.9. The summed E-state index contributed by atoms with van der Waals surface area (Å²) in [7, 11) is 0. The van der Waals surface area contributed by atoms with Crippen LogP contribution in [0.1, 0.15) is 51.1 Å². The van der Waals surface area contributed by atoms with Crippen LogP contribution in [0.4, 0.5) is 0 Å². The largest absolute Gasteiger partial charge is 0.396 e. The Morgan fingerprint density at radius 3 is 3.05 bits per heavy atom. The summed E-state index contributed by atoms with van der Waals surface area (Å²) in [5.74, 6) is 0.689. The first-order chi connectivity index (χ1) is 10.3. The Hall–Kier alpha value is -0.940. The van der Waals surface area contributed by atoms with Gasteiger partial charge in [0.15, 0.2) is 0 Å². The number of likely N-dealkylation sites (tertiary alicyclic amines) is 1. The van der Waals surface area contributed by atoms with E-state index in [-0.39, 0.29) is 6.61 Å². The molecule has 0 amide bonds. The molecule has 21 heavy (non-hydrogen) atoms. The Balaban J connectivity index is 1.72. The van der Waals surface area contributed by atoms with Crippen LogP contribution in [-0.4, -0.2) is 51.2 Å². The quantitative estimate of drug-likeness (QED) is 0.709. The molecule has 0 saturated carbocycles. The molecular formula is C16H30N4O. The van der Waals surface area contributed by atoms with Gasteiger partial charge in [-0.15, -0.1) is 5.10 Å². The third kappa shape index (κ3) is 5.75. The lowest BCUT2D eigenvalue weighted by Crippen LogP contribution is -2.37. The Labute approximate surface area is 128 Å². The van der Waals surface area contributed by atoms with Crippen LogP contribution in [0.15, 0.2) is 6.20 Å². The summed E-state index contributed by atoms with van der Waals surface area (Å²) in [4.78, 5) is 2.62. The predicted molar refractivity (Wildman–Crippen MR) is 84.1 cm³/mol. The van der Waals surface area contributed by atoms with Crippen LogP contribution in [0, 0.1) is 5.92 Å². The number of aliphatic hydroxyl groups excluding tert-OH is 1. The Morgan fingerprint density at radius 2 is 2.24 bits per heavy atom. The van der Waals surface area contributed by atoms with Gasteiger partial charge in [-0.3, -0.25) is 4.68 Å². The Kier molecular flexibility index (Phi) is 7.16. The van der Waals surface area contributed by atoms with Crippen LogP contribution in [0.3, 0.4) is 0 Å². The van der Waals surface area contributed by atoms with Crippen LogP contribution in [-0.2, 0) is 13.0 Å². The number of nitrogens with zero attached hydrogens (tertiary/aromatic N) is 4. The Morgan fingerprint density at radius 1 is 1.33 bits per heavy atom. The topological polar surface area (TPSA) is 54.2 Å². The smallest absolute Gasteiger partial charge is 0.0849 e. The van der Waals surface area contributed by atoms with Crippen molar-refractivity contribution in [3.63, 3.8) is 0 Å². The SMILES string of the molecule is CCCCCCN1CCC[C@H](Cn2cc(CCO)nn2)C1. The summed E-state index contributed by atoms with van der Waals surface area (Å²) in [6.07, 6.45) is 10.6. The molecule has 1 atom stereocenters. The highest BCUT2D eigenvalue weighted by molar-refractivity contribution is 4.92. The number of piperidine rings is 1. The predicted octanol–water partition coefficient (Wildman–Crippen LogP) is 2.11. The van der Waals surface area contributed by atoms with E-state index < -0.39 is 0 Å². The highest BCUT2D eigenvalue weighted by atomic mass is 16.3. The molecule has 2 heterocycles. The zero-order valence-corrected chi connectivity index (χ0v) is 13.4. The van der Waals surface area contributed by atoms with Gasteiger partial charge >= 0.3 is 0 Å². The third-order valence-electron chi connectivity index (χ3n) is 4.33. The van der Waals surface area contributed by atoms with E-state index in [2.05, 4.69) is 22.1 Å². The van der Waals surface area contributed by atoms with Crippen LogP contribution < -0.4 is 0 Å². The fraction of sp³-hybridized carbons (Fsp3) is 0.875. The van der Waals surface area contributed by atoms with Crippen molar-refractivity contribution in [3.05, 3.63) is 11.9 Å². The standard InChI is InChI=1S/C16H30N4O/c1-2-3-4-5-9-19-10-6-7-15(12-19)13-20-14-16(8-11-21)17-18-20/h14-15,21H,2-13H2,1H3/t15-/m0/s1. The van der Waals surface area contributed by atoms with Crippen LogP contribution in [0.2, 0.25) is 0 Å². The van der Waals surface area contributed by atoms with E-state index in [4.69, 9.17) is 5.11 Å². The lowest BCUT2D eigenvalue weighted by atomic mass is 9.97. The van der Waals surface area contributed by atoms with E-state index >= 15 is 0 Å². The van der Waals surface area contributed by atoms with Gasteiger partial charge in [0, 0.05) is 32.3 Å². The van der Waals surface area contributed by atoms with Gasteiger partial charge in [-0.05, 0) is 38.3 Å². The molecule has 120 valence electrons. The van der Waals surface area contributed by atoms with Crippen LogP contribution in [0.25, 0.3) is 0 Å². The van der Waals surface area contributed by atoms with Gasteiger partial charge in [0.2, 0.25) is 0 Å². The molecule has 2 rings (SSSR count). The van der Waals surface area contributed by atoms with Gasteiger partial charge in [0.1, 0.15) is 0 Å². The van der Waals surface area contributed by atoms with Crippen molar-refractivity contribution in [2.75, 3.05) is 26.2 Å². The lowest BCUT2D eigenvalue weighted by molar-refractivity contribution is 0.157. The number of unbranched alkanes of at least 4 members (excludes halogenated alkanes) is 3. The molecule has 5 heteroatoms. The molecule has 1 aromatic heterocycles. The maximum Gasteiger partial charge on any atom is 0.0849 e. The second-order valence-corrected chi connectivity index (χ2v) is 6.28. The van der Waals surface area contributed by atoms with E-state index in [1.54, 1.807) is 0 Å². The number of hydrogen-bond donors (Lipinski definition) is 1. The van der Waals surface area contributed by atoms with E-state index in [1.165, 1.54) is 58.2 Å². The van der Waals surface area contributed by atoms with Gasteiger partial charge in [0.25, 0.3) is 0 Å². The molecule has 1 aromatic rings. The van der Waals surface area contributed by atoms with E-state index in [0.29, 0.717) is 12.3 Å². The maximum atomic E-state index is 8.92. The maximum absolute atomic E-state index is 8.92. The molecule has 0 aliphatic carbocycles. The second kappa shape index (κ2) is 9.15. The molecule has 1 N–H and O–H groups in total. The molecule has 0 radical (unpaired) electrons. The molecule has 0 unspecified atom stereocenters. The summed E-state index contributed by atoms with van der Waals surface area (Å²) >= 11 is 0. The molecular weight excluding hydrogens is 264 g/mol. The summed E-state index contributed by atoms with van der Waals surface area (Å²) in [5, 5.41) is 17.2. The van der Waals surface area contributed by atoms with Gasteiger partial charge in [-0.2, -0.15) is 0 Å². The highest BCUT2D eigenvalue weighted by Crippen LogP contribution is 2.18. The minimum absolute atomic E-state index is 0.146. The summed E-state index contributed by atoms with van der Waals surface area (Å²) in [5.41, 5.74) is 0.893. The van der Waals surface area contributed by atoms with Crippen molar-refractivity contribution in [3.8, 4) is 0 Å². The fourth-order valence-electron chi connectivity index (χ4n) is 3.19. The molecule has 1 aliphatic rings. The number of rotatable bonds is 9. The lowest BCUT2D eigenvalue weighted by Gasteiger charge is -2.32. The van der Waals surface area contributed by atoms with Crippen molar-refractivity contribution in [1.82, 2.24) is 19.9 Å². The molecule has 5 nitrogen and oxygen atoms in total. The van der Waals surface area contributed by atoms with E-state index in [1.807, 2.05) is 10.9 Å². The van der Waals surface area contributed by atoms with Crippen molar-refractivity contribution >= 4 is 0 Å². The van der Waals surface area contributed by atoms with Gasteiger partial charge in [-0.1, -0.05) is 31.4 Å². The number of hydrogen-bond acceptors (Lipinski definition) is 4. The van der Waals surface area contributed by atoms with E-state index in [9.17, 15) is 0 Å². The second-order valence-electron chi connectivity index (χ2n) is 6.28.